The fourth-order valence-corrected chi connectivity index (χ4v) is 4.91. The third-order valence-corrected chi connectivity index (χ3v) is 6.45. The van der Waals surface area contributed by atoms with E-state index in [9.17, 15) is 17.6 Å². The van der Waals surface area contributed by atoms with Crippen LogP contribution in [0.4, 0.5) is 10.1 Å². The normalized spacial score (nSPS) is 21.3. The molecule has 2 aromatic carbocycles. The highest BCUT2D eigenvalue weighted by Crippen LogP contribution is 2.33. The summed E-state index contributed by atoms with van der Waals surface area (Å²) in [5.74, 6) is -0.937. The average Bonchev–Trinajstić information content (AvgIpc) is 2.89. The van der Waals surface area contributed by atoms with Crippen LogP contribution in [0.5, 0.6) is 0 Å². The lowest BCUT2D eigenvalue weighted by molar-refractivity contribution is 0.0689. The number of rotatable bonds is 4. The van der Waals surface area contributed by atoms with E-state index in [0.29, 0.717) is 5.56 Å². The fraction of sp³-hybridized carbons (Fsp3) is 0.250. The maximum atomic E-state index is 13.8. The Bertz CT molecular complexity index is 1020. The monoisotopic (exact) mass is 386 g/mol. The highest BCUT2D eigenvalue weighted by atomic mass is 32.2. The van der Waals surface area contributed by atoms with Crippen LogP contribution in [0.25, 0.3) is 0 Å². The molecule has 5 nitrogen and oxygen atoms in total. The van der Waals surface area contributed by atoms with E-state index in [1.54, 1.807) is 18.2 Å². The maximum Gasteiger partial charge on any atom is 0.264 e. The topological polar surface area (TPSA) is 66.5 Å². The molecule has 2 aliphatic rings. The summed E-state index contributed by atoms with van der Waals surface area (Å²) in [6, 6.07) is 11.8. The van der Waals surface area contributed by atoms with Crippen molar-refractivity contribution in [3.05, 3.63) is 72.1 Å². The van der Waals surface area contributed by atoms with E-state index in [1.807, 2.05) is 4.90 Å². The van der Waals surface area contributed by atoms with Crippen molar-refractivity contribution in [1.29, 1.82) is 0 Å². The number of nitrogens with one attached hydrogen (secondary N) is 1. The van der Waals surface area contributed by atoms with Gasteiger partial charge in [0.2, 0.25) is 0 Å². The second-order valence-corrected chi connectivity index (χ2v) is 8.44. The number of sulfonamides is 1. The zero-order valence-electron chi connectivity index (χ0n) is 14.5. The Morgan fingerprint density at radius 1 is 1.11 bits per heavy atom. The SMILES string of the molecule is O=C(c1cccc(NS(=O)(=O)c2ccccc2F)c1)N1[C@H]2CC=C[C@H]1CC2. The number of anilines is 1. The molecule has 2 aromatic rings. The predicted octanol–water partition coefficient (Wildman–Crippen LogP) is 3.56. The summed E-state index contributed by atoms with van der Waals surface area (Å²) in [5, 5.41) is 0. The fourth-order valence-electron chi connectivity index (χ4n) is 3.78. The van der Waals surface area contributed by atoms with Crippen LogP contribution < -0.4 is 4.72 Å². The summed E-state index contributed by atoms with van der Waals surface area (Å²) in [4.78, 5) is 14.4. The van der Waals surface area contributed by atoms with E-state index in [4.69, 9.17) is 0 Å². The van der Waals surface area contributed by atoms with Gasteiger partial charge in [-0.15, -0.1) is 0 Å². The molecule has 27 heavy (non-hydrogen) atoms. The van der Waals surface area contributed by atoms with Crippen LogP contribution >= 0.6 is 0 Å². The van der Waals surface area contributed by atoms with Gasteiger partial charge in [-0.2, -0.15) is 0 Å². The molecule has 2 bridgehead atoms. The van der Waals surface area contributed by atoms with Crippen LogP contribution in [0.2, 0.25) is 0 Å². The van der Waals surface area contributed by atoms with E-state index < -0.39 is 20.7 Å². The molecule has 0 aliphatic carbocycles. The van der Waals surface area contributed by atoms with Crippen LogP contribution in [-0.4, -0.2) is 31.3 Å². The first kappa shape index (κ1) is 17.7. The van der Waals surface area contributed by atoms with Crippen molar-refractivity contribution >= 4 is 21.6 Å². The molecule has 1 saturated heterocycles. The summed E-state index contributed by atoms with van der Waals surface area (Å²) in [5.41, 5.74) is 0.639. The van der Waals surface area contributed by atoms with Gasteiger partial charge in [0.05, 0.1) is 6.04 Å². The minimum absolute atomic E-state index is 0.106. The zero-order valence-corrected chi connectivity index (χ0v) is 15.3. The Morgan fingerprint density at radius 2 is 1.93 bits per heavy atom. The molecule has 2 atom stereocenters. The van der Waals surface area contributed by atoms with Crippen LogP contribution in [0, 0.1) is 5.82 Å². The van der Waals surface area contributed by atoms with E-state index in [1.165, 1.54) is 24.3 Å². The first-order valence-electron chi connectivity index (χ1n) is 8.82. The predicted molar refractivity (Wildman–Crippen MR) is 100 cm³/mol. The molecule has 1 N–H and O–H groups in total. The van der Waals surface area contributed by atoms with Crippen molar-refractivity contribution in [1.82, 2.24) is 4.90 Å². The van der Waals surface area contributed by atoms with E-state index in [-0.39, 0.29) is 23.7 Å². The molecule has 4 rings (SSSR count). The minimum Gasteiger partial charge on any atom is -0.329 e. The molecule has 7 heteroatoms. The summed E-state index contributed by atoms with van der Waals surface area (Å²) in [7, 11) is -4.08. The third kappa shape index (κ3) is 3.35. The van der Waals surface area contributed by atoms with Gasteiger partial charge in [0.15, 0.2) is 0 Å². The second-order valence-electron chi connectivity index (χ2n) is 6.79. The van der Waals surface area contributed by atoms with Gasteiger partial charge in [0.25, 0.3) is 15.9 Å². The van der Waals surface area contributed by atoms with Crippen LogP contribution in [0.15, 0.2) is 65.6 Å². The van der Waals surface area contributed by atoms with Crippen molar-refractivity contribution < 1.29 is 17.6 Å². The lowest BCUT2D eigenvalue weighted by atomic mass is 10.1. The summed E-state index contributed by atoms with van der Waals surface area (Å²) >= 11 is 0. The van der Waals surface area contributed by atoms with E-state index >= 15 is 0 Å². The Hall–Kier alpha value is -2.67. The molecular formula is C20H19FN2O3S. The zero-order chi connectivity index (χ0) is 19.0. The maximum absolute atomic E-state index is 13.8. The molecule has 1 amide bonds. The molecule has 2 heterocycles. The number of hydrogen-bond acceptors (Lipinski definition) is 3. The molecule has 2 aliphatic heterocycles. The van der Waals surface area contributed by atoms with Crippen molar-refractivity contribution in [3.8, 4) is 0 Å². The number of amides is 1. The van der Waals surface area contributed by atoms with Gasteiger partial charge in [-0.25, -0.2) is 12.8 Å². The molecule has 140 valence electrons. The van der Waals surface area contributed by atoms with Crippen LogP contribution in [0.1, 0.15) is 29.6 Å². The van der Waals surface area contributed by atoms with Crippen molar-refractivity contribution in [2.75, 3.05) is 4.72 Å². The number of fused-ring (bicyclic) bond motifs is 2. The lowest BCUT2D eigenvalue weighted by Gasteiger charge is -2.31. The van der Waals surface area contributed by atoms with Crippen molar-refractivity contribution in [2.24, 2.45) is 0 Å². The first-order chi connectivity index (χ1) is 13.0. The Balaban J connectivity index is 1.59. The molecule has 0 radical (unpaired) electrons. The van der Waals surface area contributed by atoms with Gasteiger partial charge in [0, 0.05) is 17.3 Å². The van der Waals surface area contributed by atoms with Crippen LogP contribution in [-0.2, 0) is 10.0 Å². The summed E-state index contributed by atoms with van der Waals surface area (Å²) < 4.78 is 41.1. The van der Waals surface area contributed by atoms with Crippen LogP contribution in [0.3, 0.4) is 0 Å². The molecule has 1 fully saturated rings. The second kappa shape index (κ2) is 6.81. The number of nitrogens with zero attached hydrogens (tertiary/aromatic N) is 1. The van der Waals surface area contributed by atoms with Gasteiger partial charge in [0.1, 0.15) is 10.7 Å². The molecule has 0 unspecified atom stereocenters. The highest BCUT2D eigenvalue weighted by molar-refractivity contribution is 7.92. The van der Waals surface area contributed by atoms with E-state index in [2.05, 4.69) is 16.9 Å². The Kier molecular flexibility index (Phi) is 4.47. The molecule has 0 saturated carbocycles. The number of benzene rings is 2. The number of halogens is 1. The Labute approximate surface area is 157 Å². The van der Waals surface area contributed by atoms with E-state index in [0.717, 1.165) is 25.3 Å². The van der Waals surface area contributed by atoms with Gasteiger partial charge in [-0.05, 0) is 49.6 Å². The lowest BCUT2D eigenvalue weighted by Crippen LogP contribution is -2.42. The molecular weight excluding hydrogens is 367 g/mol. The average molecular weight is 386 g/mol. The standard InChI is InChI=1S/C20H19FN2O3S/c21-18-9-1-2-10-19(18)27(25,26)22-15-6-3-5-14(13-15)20(24)23-16-7-4-8-17(23)12-11-16/h1-7,9-10,13,16-17,22H,8,11-12H2/t16-,17-/m0/s1. The summed E-state index contributed by atoms with van der Waals surface area (Å²) in [6.07, 6.45) is 6.95. The van der Waals surface area contributed by atoms with Gasteiger partial charge in [-0.3, -0.25) is 9.52 Å². The quantitative estimate of drug-likeness (QED) is 0.817. The number of carbonyl (C=O) groups is 1. The third-order valence-electron chi connectivity index (χ3n) is 5.04. The van der Waals surface area contributed by atoms with Gasteiger partial charge < -0.3 is 4.90 Å². The highest BCUT2D eigenvalue weighted by Gasteiger charge is 2.37. The molecule has 0 spiro atoms. The first-order valence-corrected chi connectivity index (χ1v) is 10.3. The van der Waals surface area contributed by atoms with Gasteiger partial charge >= 0.3 is 0 Å². The van der Waals surface area contributed by atoms with Gasteiger partial charge in [-0.1, -0.05) is 30.4 Å². The van der Waals surface area contributed by atoms with Crippen molar-refractivity contribution in [2.45, 2.75) is 36.2 Å². The number of hydrogen-bond donors (Lipinski definition) is 1. The van der Waals surface area contributed by atoms with Crippen molar-refractivity contribution in [3.63, 3.8) is 0 Å². The minimum atomic E-state index is -4.08. The summed E-state index contributed by atoms with van der Waals surface area (Å²) in [6.45, 7) is 0. The number of carbonyl (C=O) groups excluding carboxylic acids is 1. The Morgan fingerprint density at radius 3 is 2.70 bits per heavy atom. The molecule has 0 aromatic heterocycles. The largest absolute Gasteiger partial charge is 0.329 e. The smallest absolute Gasteiger partial charge is 0.264 e.